The zero-order valence-electron chi connectivity index (χ0n) is 19.5. The molecule has 174 valence electrons. The zero-order valence-corrected chi connectivity index (χ0v) is 20.3. The number of nitrogens with one attached hydrogen (secondary N) is 2. The summed E-state index contributed by atoms with van der Waals surface area (Å²) in [7, 11) is 0. The van der Waals surface area contributed by atoms with E-state index in [9.17, 15) is 0 Å². The molecule has 5 heterocycles. The van der Waals surface area contributed by atoms with E-state index in [0.29, 0.717) is 17.0 Å². The molecule has 0 saturated carbocycles. The molecular formula is C26H29N7S. The first-order valence-corrected chi connectivity index (χ1v) is 12.8. The molecule has 1 aliphatic heterocycles. The van der Waals surface area contributed by atoms with Crippen LogP contribution in [0.5, 0.6) is 0 Å². The van der Waals surface area contributed by atoms with Crippen molar-refractivity contribution in [3.05, 3.63) is 58.9 Å². The van der Waals surface area contributed by atoms with Gasteiger partial charge in [0.05, 0.1) is 17.6 Å². The van der Waals surface area contributed by atoms with Crippen LogP contribution >= 0.6 is 11.3 Å². The van der Waals surface area contributed by atoms with Gasteiger partial charge in [0.15, 0.2) is 10.8 Å². The Bertz CT molecular complexity index is 1450. The summed E-state index contributed by atoms with van der Waals surface area (Å²) < 4.78 is 0. The maximum Gasteiger partial charge on any atom is 0.180 e. The molecule has 4 N–H and O–H groups in total. The third kappa shape index (κ3) is 3.76. The quantitative estimate of drug-likeness (QED) is 0.308. The number of rotatable bonds is 5. The van der Waals surface area contributed by atoms with Gasteiger partial charge in [0.1, 0.15) is 0 Å². The Hall–Kier alpha value is -3.23. The van der Waals surface area contributed by atoms with Crippen molar-refractivity contribution in [2.75, 3.05) is 18.8 Å². The number of hydrogen-bond acceptors (Lipinski definition) is 6. The van der Waals surface area contributed by atoms with Gasteiger partial charge >= 0.3 is 0 Å². The lowest BCUT2D eigenvalue weighted by molar-refractivity contribution is 0.203. The third-order valence-corrected chi connectivity index (χ3v) is 7.80. The van der Waals surface area contributed by atoms with E-state index >= 15 is 0 Å². The molecule has 0 spiro atoms. The molecule has 0 unspecified atom stereocenters. The summed E-state index contributed by atoms with van der Waals surface area (Å²) in [4.78, 5) is 15.1. The Morgan fingerprint density at radius 3 is 2.79 bits per heavy atom. The summed E-state index contributed by atoms with van der Waals surface area (Å²) >= 11 is 1.52. The monoisotopic (exact) mass is 471 g/mol. The molecule has 4 aromatic heterocycles. The fourth-order valence-electron chi connectivity index (χ4n) is 5.41. The molecule has 1 aliphatic rings. The summed E-state index contributed by atoms with van der Waals surface area (Å²) in [6, 6.07) is 9.09. The number of nitrogen functional groups attached to an aromatic ring is 1. The molecule has 1 fully saturated rings. The van der Waals surface area contributed by atoms with E-state index in [1.165, 1.54) is 51.9 Å². The van der Waals surface area contributed by atoms with E-state index in [1.54, 1.807) is 0 Å². The van der Waals surface area contributed by atoms with Crippen molar-refractivity contribution in [3.63, 3.8) is 0 Å². The van der Waals surface area contributed by atoms with Crippen molar-refractivity contribution >= 4 is 38.4 Å². The van der Waals surface area contributed by atoms with Gasteiger partial charge < -0.3 is 10.7 Å². The van der Waals surface area contributed by atoms with E-state index in [0.717, 1.165) is 41.9 Å². The summed E-state index contributed by atoms with van der Waals surface area (Å²) in [5.74, 6) is 0.975. The molecule has 8 heteroatoms. The van der Waals surface area contributed by atoms with Crippen molar-refractivity contribution in [3.8, 4) is 11.3 Å². The van der Waals surface area contributed by atoms with E-state index in [2.05, 4.69) is 73.5 Å². The average molecular weight is 472 g/mol. The topological polar surface area (TPSA) is 99.5 Å². The van der Waals surface area contributed by atoms with Crippen LogP contribution in [-0.2, 0) is 6.54 Å². The van der Waals surface area contributed by atoms with Gasteiger partial charge in [-0.3, -0.25) is 10.00 Å². The van der Waals surface area contributed by atoms with Crippen LogP contribution in [0, 0.1) is 0 Å². The van der Waals surface area contributed by atoms with Gasteiger partial charge in [-0.1, -0.05) is 19.9 Å². The van der Waals surface area contributed by atoms with Crippen molar-refractivity contribution < 1.29 is 0 Å². The fourth-order valence-corrected chi connectivity index (χ4v) is 5.97. The highest BCUT2D eigenvalue weighted by Gasteiger charge is 2.24. The SMILES string of the molecule is CC(C)c1c(-c2ccnc3[nH]ncc23)[nH]c2ccc(C3CCN(Cc4csc(N)n4)CC3)cc12. The van der Waals surface area contributed by atoms with E-state index in [4.69, 9.17) is 5.73 Å². The van der Waals surface area contributed by atoms with Crippen LogP contribution in [0.15, 0.2) is 42.0 Å². The molecule has 0 aliphatic carbocycles. The van der Waals surface area contributed by atoms with Crippen molar-refractivity contribution in [1.29, 1.82) is 0 Å². The van der Waals surface area contributed by atoms with E-state index in [1.807, 2.05) is 12.4 Å². The molecule has 6 rings (SSSR count). The van der Waals surface area contributed by atoms with Gasteiger partial charge in [-0.25, -0.2) is 9.97 Å². The molecule has 0 bridgehead atoms. The van der Waals surface area contributed by atoms with E-state index in [-0.39, 0.29) is 0 Å². The number of nitrogens with zero attached hydrogens (tertiary/aromatic N) is 4. The number of pyridine rings is 1. The minimum atomic E-state index is 0.390. The van der Waals surface area contributed by atoms with Crippen LogP contribution in [0.4, 0.5) is 5.13 Å². The minimum Gasteiger partial charge on any atom is -0.375 e. The Kier molecular flexibility index (Phi) is 5.34. The lowest BCUT2D eigenvalue weighted by atomic mass is 9.87. The summed E-state index contributed by atoms with van der Waals surface area (Å²) in [6.07, 6.45) is 6.05. The van der Waals surface area contributed by atoms with Gasteiger partial charge in [0.25, 0.3) is 0 Å². The normalized spacial score (nSPS) is 15.7. The number of aromatic nitrogens is 5. The summed E-state index contributed by atoms with van der Waals surface area (Å²) in [5.41, 5.74) is 14.0. The fraction of sp³-hybridized carbons (Fsp3) is 0.346. The number of H-pyrrole nitrogens is 2. The molecular weight excluding hydrogens is 442 g/mol. The highest BCUT2D eigenvalue weighted by Crippen LogP contribution is 2.39. The lowest BCUT2D eigenvalue weighted by Crippen LogP contribution is -2.32. The lowest BCUT2D eigenvalue weighted by Gasteiger charge is -2.31. The number of benzene rings is 1. The maximum atomic E-state index is 5.80. The van der Waals surface area contributed by atoms with Crippen molar-refractivity contribution in [2.45, 2.75) is 45.1 Å². The van der Waals surface area contributed by atoms with E-state index < -0.39 is 0 Å². The number of hydrogen-bond donors (Lipinski definition) is 3. The zero-order chi connectivity index (χ0) is 23.2. The van der Waals surface area contributed by atoms with Gasteiger partial charge in [-0.2, -0.15) is 5.10 Å². The first kappa shape index (κ1) is 21.3. The number of anilines is 1. The average Bonchev–Trinajstić information content (AvgIpc) is 3.56. The largest absolute Gasteiger partial charge is 0.375 e. The standard InChI is InChI=1S/C26H29N7S/c1-15(2)23-20-11-17(16-6-9-33(10-7-16)13-18-14-34-26(27)30-18)3-4-22(20)31-24(23)19-5-8-28-25-21(19)12-29-32-25/h3-5,8,11-12,14-16,31H,6-7,9-10,13H2,1-2H3,(H2,27,30)(H,28,29,32). The van der Waals surface area contributed by atoms with Crippen LogP contribution in [0.2, 0.25) is 0 Å². The number of nitrogens with two attached hydrogens (primary N) is 1. The number of thiazole rings is 1. The maximum absolute atomic E-state index is 5.80. The van der Waals surface area contributed by atoms with Crippen molar-refractivity contribution in [2.24, 2.45) is 0 Å². The second-order valence-corrected chi connectivity index (χ2v) is 10.5. The molecule has 34 heavy (non-hydrogen) atoms. The molecule has 0 radical (unpaired) electrons. The third-order valence-electron chi connectivity index (χ3n) is 7.08. The van der Waals surface area contributed by atoms with Crippen LogP contribution < -0.4 is 5.73 Å². The Morgan fingerprint density at radius 2 is 2.03 bits per heavy atom. The van der Waals surface area contributed by atoms with Gasteiger partial charge in [-0.15, -0.1) is 11.3 Å². The van der Waals surface area contributed by atoms with Gasteiger partial charge in [-0.05, 0) is 67.1 Å². The molecule has 0 atom stereocenters. The smallest absolute Gasteiger partial charge is 0.180 e. The van der Waals surface area contributed by atoms with Gasteiger partial charge in [0.2, 0.25) is 0 Å². The first-order valence-electron chi connectivity index (χ1n) is 11.9. The number of fused-ring (bicyclic) bond motifs is 2. The highest BCUT2D eigenvalue weighted by molar-refractivity contribution is 7.13. The Morgan fingerprint density at radius 1 is 1.18 bits per heavy atom. The highest BCUT2D eigenvalue weighted by atomic mass is 32.1. The van der Waals surface area contributed by atoms with Crippen molar-refractivity contribution in [1.82, 2.24) is 30.0 Å². The number of aromatic amines is 2. The second kappa shape index (κ2) is 8.52. The Balaban J connectivity index is 1.30. The second-order valence-electron chi connectivity index (χ2n) is 9.59. The molecule has 1 aromatic carbocycles. The predicted octanol–water partition coefficient (Wildman–Crippen LogP) is 5.65. The van der Waals surface area contributed by atoms with Crippen LogP contribution in [0.3, 0.4) is 0 Å². The molecule has 5 aromatic rings. The van der Waals surface area contributed by atoms with Gasteiger partial charge in [0, 0.05) is 40.0 Å². The number of likely N-dealkylation sites (tertiary alicyclic amines) is 1. The molecule has 0 amide bonds. The first-order chi connectivity index (χ1) is 16.6. The summed E-state index contributed by atoms with van der Waals surface area (Å²) in [5, 5.41) is 12.3. The Labute approximate surface area is 202 Å². The molecule has 7 nitrogen and oxygen atoms in total. The minimum absolute atomic E-state index is 0.390. The number of piperidine rings is 1. The van der Waals surface area contributed by atoms with Crippen LogP contribution in [0.1, 0.15) is 55.3 Å². The predicted molar refractivity (Wildman–Crippen MR) is 139 cm³/mol. The molecule has 1 saturated heterocycles. The van der Waals surface area contributed by atoms with Crippen LogP contribution in [0.25, 0.3) is 33.2 Å². The van der Waals surface area contributed by atoms with Crippen LogP contribution in [-0.4, -0.2) is 43.1 Å². The summed E-state index contributed by atoms with van der Waals surface area (Å²) in [6.45, 7) is 7.62.